The van der Waals surface area contributed by atoms with E-state index in [0.717, 1.165) is 5.56 Å². The van der Waals surface area contributed by atoms with Crippen molar-refractivity contribution in [2.45, 2.75) is 33.4 Å². The summed E-state index contributed by atoms with van der Waals surface area (Å²) in [5, 5.41) is 0. The standard InChI is InChI=1S/C17H19BrFN5O/c1-9(2)21-16(22-10(3)20)14-8-24-4-5-25-15-7-13(19)12(18)6-11(15)17(24)23-14/h6-9H,4-5H2,1-3H3,(H2,20,21,22). The predicted octanol–water partition coefficient (Wildman–Crippen LogP) is 3.38. The summed E-state index contributed by atoms with van der Waals surface area (Å²) in [7, 11) is 0. The first kappa shape index (κ1) is 17.6. The fourth-order valence-corrected chi connectivity index (χ4v) is 2.89. The molecule has 2 heterocycles. The molecule has 6 nitrogen and oxygen atoms in total. The molecule has 3 rings (SSSR count). The molecule has 0 spiro atoms. The number of halogens is 2. The van der Waals surface area contributed by atoms with Crippen molar-refractivity contribution < 1.29 is 9.13 Å². The highest BCUT2D eigenvalue weighted by Gasteiger charge is 2.22. The van der Waals surface area contributed by atoms with Gasteiger partial charge >= 0.3 is 0 Å². The van der Waals surface area contributed by atoms with Gasteiger partial charge in [0.1, 0.15) is 29.7 Å². The maximum atomic E-state index is 13.8. The Morgan fingerprint density at radius 1 is 1.44 bits per heavy atom. The lowest BCUT2D eigenvalue weighted by Crippen LogP contribution is -2.12. The zero-order valence-corrected chi connectivity index (χ0v) is 15.8. The van der Waals surface area contributed by atoms with E-state index >= 15 is 0 Å². The summed E-state index contributed by atoms with van der Waals surface area (Å²) in [5.41, 5.74) is 7.08. The molecule has 0 bridgehead atoms. The number of hydrogen-bond acceptors (Lipinski definition) is 3. The summed E-state index contributed by atoms with van der Waals surface area (Å²) < 4.78 is 21.8. The molecule has 1 aliphatic heterocycles. The molecular weight excluding hydrogens is 389 g/mol. The Bertz CT molecular complexity index is 868. The quantitative estimate of drug-likeness (QED) is 0.612. The maximum Gasteiger partial charge on any atom is 0.177 e. The van der Waals surface area contributed by atoms with Gasteiger partial charge < -0.3 is 15.0 Å². The van der Waals surface area contributed by atoms with Crippen molar-refractivity contribution in [2.24, 2.45) is 15.7 Å². The maximum absolute atomic E-state index is 13.8. The molecule has 0 atom stereocenters. The van der Waals surface area contributed by atoms with Gasteiger partial charge in [0.05, 0.1) is 22.4 Å². The van der Waals surface area contributed by atoms with Gasteiger partial charge in [-0.3, -0.25) is 4.99 Å². The monoisotopic (exact) mass is 407 g/mol. The minimum Gasteiger partial charge on any atom is -0.491 e. The Kier molecular flexibility index (Phi) is 4.89. The first-order valence-electron chi connectivity index (χ1n) is 7.93. The van der Waals surface area contributed by atoms with Crippen LogP contribution in [0.1, 0.15) is 26.5 Å². The van der Waals surface area contributed by atoms with Crippen LogP contribution in [0.25, 0.3) is 11.4 Å². The van der Waals surface area contributed by atoms with Crippen LogP contribution in [0.2, 0.25) is 0 Å². The molecule has 2 aromatic rings. The van der Waals surface area contributed by atoms with Crippen molar-refractivity contribution in [3.63, 3.8) is 0 Å². The van der Waals surface area contributed by atoms with Crippen LogP contribution in [0.3, 0.4) is 0 Å². The fourth-order valence-electron chi connectivity index (χ4n) is 2.55. The van der Waals surface area contributed by atoms with E-state index in [0.29, 0.717) is 46.6 Å². The molecule has 1 aliphatic rings. The van der Waals surface area contributed by atoms with Crippen LogP contribution in [0.4, 0.5) is 4.39 Å². The molecular formula is C17H19BrFN5O. The summed E-state index contributed by atoms with van der Waals surface area (Å²) in [6.45, 7) is 6.65. The second-order valence-corrected chi connectivity index (χ2v) is 6.91. The third-order valence-corrected chi connectivity index (χ3v) is 4.13. The minimum atomic E-state index is -0.371. The molecule has 0 aliphatic carbocycles. The van der Waals surface area contributed by atoms with E-state index < -0.39 is 0 Å². The number of aliphatic imine (C=N–C) groups is 2. The molecule has 132 valence electrons. The van der Waals surface area contributed by atoms with Gasteiger partial charge in [0.25, 0.3) is 0 Å². The molecule has 0 saturated heterocycles. The van der Waals surface area contributed by atoms with Gasteiger partial charge in [0, 0.05) is 18.3 Å². The zero-order valence-electron chi connectivity index (χ0n) is 14.3. The van der Waals surface area contributed by atoms with Gasteiger partial charge in [-0.2, -0.15) is 0 Å². The lowest BCUT2D eigenvalue weighted by atomic mass is 10.2. The van der Waals surface area contributed by atoms with Crippen molar-refractivity contribution in [3.8, 4) is 17.1 Å². The van der Waals surface area contributed by atoms with Gasteiger partial charge in [-0.05, 0) is 42.8 Å². The first-order chi connectivity index (χ1) is 11.8. The van der Waals surface area contributed by atoms with Crippen LogP contribution in [-0.4, -0.2) is 33.9 Å². The summed E-state index contributed by atoms with van der Waals surface area (Å²) in [4.78, 5) is 13.5. The van der Waals surface area contributed by atoms with E-state index in [1.165, 1.54) is 6.07 Å². The first-order valence-corrected chi connectivity index (χ1v) is 8.72. The van der Waals surface area contributed by atoms with Crippen LogP contribution in [-0.2, 0) is 6.54 Å². The predicted molar refractivity (Wildman–Crippen MR) is 99.8 cm³/mol. The minimum absolute atomic E-state index is 0.0541. The molecule has 1 aromatic heterocycles. The fraction of sp³-hybridized carbons (Fsp3) is 0.353. The molecule has 8 heteroatoms. The molecule has 1 aromatic carbocycles. The van der Waals surface area contributed by atoms with Gasteiger partial charge in [0.15, 0.2) is 5.84 Å². The number of nitrogens with zero attached hydrogens (tertiary/aromatic N) is 4. The average molecular weight is 408 g/mol. The number of imidazole rings is 1. The van der Waals surface area contributed by atoms with E-state index in [-0.39, 0.29) is 11.9 Å². The molecule has 0 radical (unpaired) electrons. The third-order valence-electron chi connectivity index (χ3n) is 3.52. The van der Waals surface area contributed by atoms with Crippen LogP contribution in [0, 0.1) is 5.82 Å². The van der Waals surface area contributed by atoms with Crippen molar-refractivity contribution in [1.29, 1.82) is 0 Å². The second-order valence-electron chi connectivity index (χ2n) is 6.05. The number of fused-ring (bicyclic) bond motifs is 3. The molecule has 0 amide bonds. The number of ether oxygens (including phenoxy) is 1. The number of amidine groups is 2. The van der Waals surface area contributed by atoms with E-state index in [1.807, 2.05) is 24.6 Å². The van der Waals surface area contributed by atoms with Crippen molar-refractivity contribution in [1.82, 2.24) is 9.55 Å². The Morgan fingerprint density at radius 2 is 2.20 bits per heavy atom. The zero-order chi connectivity index (χ0) is 18.1. The Balaban J connectivity index is 2.15. The Labute approximate surface area is 153 Å². The molecule has 0 unspecified atom stereocenters. The van der Waals surface area contributed by atoms with E-state index in [4.69, 9.17) is 10.5 Å². The number of rotatable bonds is 2. The molecule has 0 saturated carbocycles. The third kappa shape index (κ3) is 3.73. The van der Waals surface area contributed by atoms with Crippen LogP contribution in [0.15, 0.2) is 32.8 Å². The summed E-state index contributed by atoms with van der Waals surface area (Å²) in [5.74, 6) is 1.68. The highest BCUT2D eigenvalue weighted by molar-refractivity contribution is 9.10. The highest BCUT2D eigenvalue weighted by atomic mass is 79.9. The summed E-state index contributed by atoms with van der Waals surface area (Å²) in [6, 6.07) is 3.10. The molecule has 25 heavy (non-hydrogen) atoms. The number of nitrogens with two attached hydrogens (primary N) is 1. The highest BCUT2D eigenvalue weighted by Crippen LogP contribution is 2.36. The molecule has 0 fully saturated rings. The van der Waals surface area contributed by atoms with E-state index in [2.05, 4.69) is 30.9 Å². The van der Waals surface area contributed by atoms with Crippen molar-refractivity contribution in [3.05, 3.63) is 34.3 Å². The Morgan fingerprint density at radius 3 is 2.88 bits per heavy atom. The number of aromatic nitrogens is 2. The van der Waals surface area contributed by atoms with Gasteiger partial charge in [-0.1, -0.05) is 0 Å². The summed E-state index contributed by atoms with van der Waals surface area (Å²) in [6.07, 6.45) is 1.87. The normalized spacial score (nSPS) is 14.8. The molecule has 2 N–H and O–H groups in total. The lowest BCUT2D eigenvalue weighted by molar-refractivity contribution is 0.305. The number of benzene rings is 1. The SMILES string of the molecule is CC(N)=NC(=NC(C)C)c1cn2c(n1)-c1cc(Br)c(F)cc1OCC2. The Hall–Kier alpha value is -2.22. The topological polar surface area (TPSA) is 77.8 Å². The van der Waals surface area contributed by atoms with E-state index in [9.17, 15) is 4.39 Å². The van der Waals surface area contributed by atoms with E-state index in [1.54, 1.807) is 13.0 Å². The summed E-state index contributed by atoms with van der Waals surface area (Å²) >= 11 is 3.22. The van der Waals surface area contributed by atoms with Crippen LogP contribution < -0.4 is 10.5 Å². The van der Waals surface area contributed by atoms with Gasteiger partial charge in [-0.15, -0.1) is 0 Å². The van der Waals surface area contributed by atoms with Crippen LogP contribution in [0.5, 0.6) is 5.75 Å². The van der Waals surface area contributed by atoms with Crippen LogP contribution >= 0.6 is 15.9 Å². The smallest absolute Gasteiger partial charge is 0.177 e. The van der Waals surface area contributed by atoms with Crippen molar-refractivity contribution >= 4 is 27.6 Å². The van der Waals surface area contributed by atoms with Gasteiger partial charge in [-0.25, -0.2) is 14.4 Å². The lowest BCUT2D eigenvalue weighted by Gasteiger charge is -2.07. The van der Waals surface area contributed by atoms with Gasteiger partial charge in [0.2, 0.25) is 0 Å². The average Bonchev–Trinajstić information content (AvgIpc) is 2.86. The number of hydrogen-bond donors (Lipinski definition) is 1. The van der Waals surface area contributed by atoms with Crippen molar-refractivity contribution in [2.75, 3.05) is 6.61 Å². The largest absolute Gasteiger partial charge is 0.491 e. The second kappa shape index (κ2) is 6.95.